The predicted molar refractivity (Wildman–Crippen MR) is 84.0 cm³/mol. The van der Waals surface area contributed by atoms with Crippen LogP contribution in [0.3, 0.4) is 0 Å². The van der Waals surface area contributed by atoms with Crippen LogP contribution in [-0.4, -0.2) is 36.1 Å². The van der Waals surface area contributed by atoms with E-state index < -0.39 is 6.43 Å². The molecule has 0 saturated heterocycles. The smallest absolute Gasteiger partial charge is 0.251 e. The molecule has 2 nitrogen and oxygen atoms in total. The Morgan fingerprint density at radius 1 is 0.864 bits per heavy atom. The fourth-order valence-corrected chi connectivity index (χ4v) is 2.66. The number of aliphatic hydroxyl groups excluding tert-OH is 1. The molecule has 0 atom stereocenters. The molecule has 1 N–H and O–H groups in total. The Balaban J connectivity index is 2.36. The van der Waals surface area contributed by atoms with E-state index in [1.807, 2.05) is 60.7 Å². The summed E-state index contributed by atoms with van der Waals surface area (Å²) in [4.78, 5) is 1.74. The molecule has 0 aromatic heterocycles. The van der Waals surface area contributed by atoms with Gasteiger partial charge in [-0.3, -0.25) is 4.90 Å². The summed E-state index contributed by atoms with van der Waals surface area (Å²) in [5, 5.41) is 9.06. The van der Waals surface area contributed by atoms with Crippen LogP contribution in [0.2, 0.25) is 0 Å². The summed E-state index contributed by atoms with van der Waals surface area (Å²) < 4.78 is 26.0. The third-order valence-electron chi connectivity index (χ3n) is 3.57. The van der Waals surface area contributed by atoms with Gasteiger partial charge in [0, 0.05) is 13.2 Å². The second-order valence-corrected chi connectivity index (χ2v) is 5.19. The van der Waals surface area contributed by atoms with Crippen molar-refractivity contribution in [1.29, 1.82) is 0 Å². The summed E-state index contributed by atoms with van der Waals surface area (Å²) in [6, 6.07) is 19.1. The number of rotatable bonds is 8. The van der Waals surface area contributed by atoms with Crippen LogP contribution in [0.1, 0.15) is 23.6 Å². The van der Waals surface area contributed by atoms with Crippen molar-refractivity contribution in [3.05, 3.63) is 71.8 Å². The topological polar surface area (TPSA) is 23.5 Å². The molecule has 118 valence electrons. The zero-order valence-electron chi connectivity index (χ0n) is 12.4. The molecule has 0 heterocycles. The van der Waals surface area contributed by atoms with Crippen molar-refractivity contribution in [1.82, 2.24) is 4.90 Å². The first-order valence-corrected chi connectivity index (χ1v) is 7.45. The lowest BCUT2D eigenvalue weighted by atomic mass is 9.97. The fraction of sp³-hybridized carbons (Fsp3) is 0.333. The van der Waals surface area contributed by atoms with Crippen molar-refractivity contribution in [2.45, 2.75) is 18.9 Å². The molecular formula is C18H21F2NO. The highest BCUT2D eigenvalue weighted by atomic mass is 19.3. The minimum Gasteiger partial charge on any atom is -0.396 e. The highest BCUT2D eigenvalue weighted by molar-refractivity contribution is 5.31. The van der Waals surface area contributed by atoms with Crippen LogP contribution < -0.4 is 0 Å². The number of alkyl halides is 2. The van der Waals surface area contributed by atoms with Gasteiger partial charge in [0.15, 0.2) is 0 Å². The predicted octanol–water partition coefficient (Wildman–Crippen LogP) is 3.73. The van der Waals surface area contributed by atoms with Gasteiger partial charge in [-0.15, -0.1) is 0 Å². The van der Waals surface area contributed by atoms with Gasteiger partial charge in [0.2, 0.25) is 0 Å². The largest absolute Gasteiger partial charge is 0.396 e. The normalized spacial score (nSPS) is 11.5. The number of hydrogen-bond acceptors (Lipinski definition) is 2. The summed E-state index contributed by atoms with van der Waals surface area (Å²) in [5.41, 5.74) is 1.96. The molecule has 2 rings (SSSR count). The lowest BCUT2D eigenvalue weighted by Crippen LogP contribution is -2.35. The first kappa shape index (κ1) is 16.6. The summed E-state index contributed by atoms with van der Waals surface area (Å²) in [6.07, 6.45) is -1.93. The van der Waals surface area contributed by atoms with E-state index in [2.05, 4.69) is 0 Å². The van der Waals surface area contributed by atoms with Gasteiger partial charge in [-0.1, -0.05) is 60.7 Å². The summed E-state index contributed by atoms with van der Waals surface area (Å²) in [7, 11) is 0. The van der Waals surface area contributed by atoms with Crippen LogP contribution in [0.25, 0.3) is 0 Å². The van der Waals surface area contributed by atoms with E-state index in [0.29, 0.717) is 13.0 Å². The SMILES string of the molecule is OCCCN(CC(F)F)C(c1ccccc1)c1ccccc1. The third-order valence-corrected chi connectivity index (χ3v) is 3.57. The highest BCUT2D eigenvalue weighted by Crippen LogP contribution is 2.29. The van der Waals surface area contributed by atoms with E-state index in [4.69, 9.17) is 5.11 Å². The van der Waals surface area contributed by atoms with Gasteiger partial charge >= 0.3 is 0 Å². The minimum absolute atomic E-state index is 0.00393. The quantitative estimate of drug-likeness (QED) is 0.803. The molecule has 0 radical (unpaired) electrons. The number of nitrogens with zero attached hydrogens (tertiary/aromatic N) is 1. The molecule has 0 saturated carbocycles. The first-order chi connectivity index (χ1) is 10.7. The van der Waals surface area contributed by atoms with E-state index in [9.17, 15) is 8.78 Å². The van der Waals surface area contributed by atoms with Crippen LogP contribution >= 0.6 is 0 Å². The van der Waals surface area contributed by atoms with E-state index in [0.717, 1.165) is 11.1 Å². The van der Waals surface area contributed by atoms with Crippen molar-refractivity contribution < 1.29 is 13.9 Å². The molecule has 0 aliphatic heterocycles. The summed E-state index contributed by atoms with van der Waals surface area (Å²) in [6.45, 7) is 0.111. The Kier molecular flexibility index (Phi) is 6.49. The van der Waals surface area contributed by atoms with Crippen molar-refractivity contribution >= 4 is 0 Å². The summed E-state index contributed by atoms with van der Waals surface area (Å²) >= 11 is 0. The van der Waals surface area contributed by atoms with Gasteiger partial charge in [-0.25, -0.2) is 8.78 Å². The van der Waals surface area contributed by atoms with Crippen molar-refractivity contribution in [2.24, 2.45) is 0 Å². The van der Waals surface area contributed by atoms with Gasteiger partial charge in [0.05, 0.1) is 12.6 Å². The van der Waals surface area contributed by atoms with Crippen LogP contribution in [0.4, 0.5) is 8.78 Å². The Bertz CT molecular complexity index is 494. The molecule has 0 amide bonds. The molecular weight excluding hydrogens is 284 g/mol. The summed E-state index contributed by atoms with van der Waals surface area (Å²) in [5.74, 6) is 0. The molecule has 0 aliphatic carbocycles. The van der Waals surface area contributed by atoms with Gasteiger partial charge in [0.25, 0.3) is 6.43 Å². The molecule has 2 aromatic carbocycles. The number of aliphatic hydroxyl groups is 1. The number of halogens is 2. The fourth-order valence-electron chi connectivity index (χ4n) is 2.66. The van der Waals surface area contributed by atoms with Crippen molar-refractivity contribution in [2.75, 3.05) is 19.7 Å². The van der Waals surface area contributed by atoms with E-state index in [1.165, 1.54) is 0 Å². The van der Waals surface area contributed by atoms with E-state index in [-0.39, 0.29) is 19.2 Å². The van der Waals surface area contributed by atoms with Gasteiger partial charge in [-0.05, 0) is 17.5 Å². The van der Waals surface area contributed by atoms with Crippen LogP contribution in [-0.2, 0) is 0 Å². The third kappa shape index (κ3) is 4.61. The van der Waals surface area contributed by atoms with E-state index >= 15 is 0 Å². The maximum atomic E-state index is 13.0. The van der Waals surface area contributed by atoms with E-state index in [1.54, 1.807) is 4.90 Å². The number of hydrogen-bond donors (Lipinski definition) is 1. The molecule has 0 unspecified atom stereocenters. The average molecular weight is 305 g/mol. The maximum Gasteiger partial charge on any atom is 0.251 e. The van der Waals surface area contributed by atoms with Crippen LogP contribution in [0.15, 0.2) is 60.7 Å². The number of benzene rings is 2. The first-order valence-electron chi connectivity index (χ1n) is 7.45. The van der Waals surface area contributed by atoms with Gasteiger partial charge < -0.3 is 5.11 Å². The second-order valence-electron chi connectivity index (χ2n) is 5.19. The molecule has 0 fully saturated rings. The average Bonchev–Trinajstić information content (AvgIpc) is 2.54. The van der Waals surface area contributed by atoms with Crippen LogP contribution in [0, 0.1) is 0 Å². The molecule has 22 heavy (non-hydrogen) atoms. The second kappa shape index (κ2) is 8.61. The maximum absolute atomic E-state index is 13.0. The lowest BCUT2D eigenvalue weighted by molar-refractivity contribution is 0.0697. The van der Waals surface area contributed by atoms with Crippen molar-refractivity contribution in [3.8, 4) is 0 Å². The lowest BCUT2D eigenvalue weighted by Gasteiger charge is -2.32. The minimum atomic E-state index is -2.41. The Morgan fingerprint density at radius 3 is 1.77 bits per heavy atom. The Morgan fingerprint density at radius 2 is 1.36 bits per heavy atom. The monoisotopic (exact) mass is 305 g/mol. The zero-order chi connectivity index (χ0) is 15.8. The molecule has 0 aliphatic rings. The van der Waals surface area contributed by atoms with Gasteiger partial charge in [0.1, 0.15) is 0 Å². The molecule has 4 heteroatoms. The Hall–Kier alpha value is -1.78. The molecule has 0 bridgehead atoms. The zero-order valence-corrected chi connectivity index (χ0v) is 12.4. The molecule has 2 aromatic rings. The Labute approximate surface area is 130 Å². The highest BCUT2D eigenvalue weighted by Gasteiger charge is 2.24. The molecule has 0 spiro atoms. The van der Waals surface area contributed by atoms with Gasteiger partial charge in [-0.2, -0.15) is 0 Å². The van der Waals surface area contributed by atoms with Crippen molar-refractivity contribution in [3.63, 3.8) is 0 Å². The standard InChI is InChI=1S/C18H21F2NO/c19-17(20)14-21(12-7-13-22)18(15-8-3-1-4-9-15)16-10-5-2-6-11-16/h1-6,8-11,17-18,22H,7,12-14H2. The van der Waals surface area contributed by atoms with Crippen LogP contribution in [0.5, 0.6) is 0 Å².